The summed E-state index contributed by atoms with van der Waals surface area (Å²) in [5.74, 6) is 5.30. The van der Waals surface area contributed by atoms with Gasteiger partial charge in [0.1, 0.15) is 42.6 Å². The molecule has 12 nitrogen and oxygen atoms in total. The normalized spacial score (nSPS) is 14.7. The van der Waals surface area contributed by atoms with Crippen molar-refractivity contribution < 1.29 is 36.9 Å². The number of benzene rings is 2. The zero-order valence-corrected chi connectivity index (χ0v) is 27.9. The Morgan fingerprint density at radius 1 is 1.02 bits per heavy atom. The summed E-state index contributed by atoms with van der Waals surface area (Å²) < 4.78 is 75.1. The van der Waals surface area contributed by atoms with E-state index in [9.17, 15) is 27.5 Å². The van der Waals surface area contributed by atoms with Gasteiger partial charge in [0.05, 0.1) is 60.9 Å². The largest absolute Gasteiger partial charge is 0.416 e. The highest BCUT2D eigenvalue weighted by atomic mass is 19.4. The lowest BCUT2D eigenvalue weighted by Crippen LogP contribution is -2.29. The molecule has 1 aliphatic rings. The lowest BCUT2D eigenvalue weighted by Gasteiger charge is -2.17. The molecule has 0 radical (unpaired) electrons. The van der Waals surface area contributed by atoms with Crippen molar-refractivity contribution in [1.29, 1.82) is 0 Å². The molecule has 1 aliphatic carbocycles. The fraction of sp³-hybridized carbons (Fsp3) is 0.306. The lowest BCUT2D eigenvalue weighted by molar-refractivity contribution is -0.138. The maximum absolute atomic E-state index is 14.4. The molecule has 0 bridgehead atoms. The molecule has 0 spiro atoms. The number of fused-ring (bicyclic) bond motifs is 2. The molecule has 2 aromatic carbocycles. The minimum absolute atomic E-state index is 0.0230. The van der Waals surface area contributed by atoms with Crippen LogP contribution >= 0.6 is 0 Å². The quantitative estimate of drug-likeness (QED) is 0.109. The number of allylic oxidation sites excluding steroid dienone is 2. The Labute approximate surface area is 294 Å². The minimum atomic E-state index is -4.70. The van der Waals surface area contributed by atoms with Crippen LogP contribution in [0.15, 0.2) is 71.6 Å². The van der Waals surface area contributed by atoms with Crippen LogP contribution in [0.3, 0.4) is 0 Å². The van der Waals surface area contributed by atoms with Crippen LogP contribution < -0.4 is 11.3 Å². The second-order valence-corrected chi connectivity index (χ2v) is 11.7. The number of nitrogens with two attached hydrogens (primary N) is 1. The SMILES string of the molecule is COCCOCCOCC#Cc1cccc2nc(Cn3nc(C4=CC(O)CC(F)=C4)c4c(N)ncnc43)n(Cc3ccccc3C(F)(F)F)c(=O)c12. The third kappa shape index (κ3) is 8.03. The van der Waals surface area contributed by atoms with Gasteiger partial charge in [0.25, 0.3) is 5.56 Å². The molecule has 1 unspecified atom stereocenters. The van der Waals surface area contributed by atoms with Gasteiger partial charge in [-0.3, -0.25) is 9.36 Å². The molecule has 16 heteroatoms. The molecule has 3 aromatic heterocycles. The Morgan fingerprint density at radius 3 is 2.60 bits per heavy atom. The second-order valence-electron chi connectivity index (χ2n) is 11.7. The van der Waals surface area contributed by atoms with E-state index in [2.05, 4.69) is 26.9 Å². The van der Waals surface area contributed by atoms with E-state index in [1.807, 2.05) is 0 Å². The molecule has 0 saturated heterocycles. The van der Waals surface area contributed by atoms with Crippen molar-refractivity contribution in [3.8, 4) is 11.8 Å². The van der Waals surface area contributed by atoms with Gasteiger partial charge < -0.3 is 25.1 Å². The van der Waals surface area contributed by atoms with Crippen LogP contribution in [0.4, 0.5) is 23.4 Å². The number of aliphatic hydroxyl groups excluding tert-OH is 1. The highest BCUT2D eigenvalue weighted by Gasteiger charge is 2.33. The van der Waals surface area contributed by atoms with Gasteiger partial charge in [0.15, 0.2) is 5.65 Å². The standard InChI is InChI=1S/C36H33F4N7O5/c1-50-12-13-52-15-14-51-11-5-8-22-7-4-10-28-30(22)35(49)46(19-23-6-2-3-9-27(23)36(38,39)40)29(44-28)20-47-34-31(33(41)42-21-43-34)32(45-47)24-16-25(37)18-26(48)17-24/h2-4,6-7,9-10,16-17,21,26,48H,11-15,18-20H2,1H3,(H2,41,42,43). The Hall–Kier alpha value is -5.47. The number of aromatic nitrogens is 6. The maximum atomic E-state index is 14.4. The number of halogens is 4. The van der Waals surface area contributed by atoms with E-state index in [4.69, 9.17) is 24.9 Å². The summed E-state index contributed by atoms with van der Waals surface area (Å²) in [6.45, 7) is 0.799. The summed E-state index contributed by atoms with van der Waals surface area (Å²) in [7, 11) is 1.57. The van der Waals surface area contributed by atoms with Crippen molar-refractivity contribution in [3.63, 3.8) is 0 Å². The van der Waals surface area contributed by atoms with Crippen LogP contribution in [0, 0.1) is 11.8 Å². The van der Waals surface area contributed by atoms with Gasteiger partial charge in [-0.25, -0.2) is 24.0 Å². The predicted molar refractivity (Wildman–Crippen MR) is 184 cm³/mol. The number of methoxy groups -OCH3 is 1. The van der Waals surface area contributed by atoms with Crippen molar-refractivity contribution >= 4 is 33.3 Å². The molecule has 3 N–H and O–H groups in total. The summed E-state index contributed by atoms with van der Waals surface area (Å²) in [5.41, 5.74) is 5.65. The summed E-state index contributed by atoms with van der Waals surface area (Å²) in [6.07, 6.45) is -2.18. The fourth-order valence-electron chi connectivity index (χ4n) is 5.79. The number of anilines is 1. The molecule has 0 aliphatic heterocycles. The van der Waals surface area contributed by atoms with E-state index in [1.54, 1.807) is 25.3 Å². The van der Waals surface area contributed by atoms with Gasteiger partial charge in [0.2, 0.25) is 0 Å². The number of aliphatic hydroxyl groups is 1. The molecule has 1 atom stereocenters. The topological polar surface area (TPSA) is 152 Å². The van der Waals surface area contributed by atoms with Crippen molar-refractivity contribution in [2.24, 2.45) is 0 Å². The van der Waals surface area contributed by atoms with Gasteiger partial charge in [-0.1, -0.05) is 36.1 Å². The third-order valence-corrected chi connectivity index (χ3v) is 8.13. The van der Waals surface area contributed by atoms with E-state index in [0.717, 1.165) is 10.6 Å². The molecule has 0 fully saturated rings. The van der Waals surface area contributed by atoms with Gasteiger partial charge in [-0.15, -0.1) is 0 Å². The molecule has 52 heavy (non-hydrogen) atoms. The average molecular weight is 720 g/mol. The number of nitrogen functional groups attached to an aromatic ring is 1. The Balaban J connectivity index is 1.44. The maximum Gasteiger partial charge on any atom is 0.416 e. The first-order chi connectivity index (χ1) is 25.0. The summed E-state index contributed by atoms with van der Waals surface area (Å²) in [4.78, 5) is 27.5. The average Bonchev–Trinajstić information content (AvgIpc) is 3.48. The van der Waals surface area contributed by atoms with E-state index in [-0.39, 0.29) is 76.6 Å². The second kappa shape index (κ2) is 15.8. The number of ether oxygens (including phenoxy) is 3. The summed E-state index contributed by atoms with van der Waals surface area (Å²) >= 11 is 0. The highest BCUT2D eigenvalue weighted by Crippen LogP contribution is 2.34. The zero-order chi connectivity index (χ0) is 36.8. The van der Waals surface area contributed by atoms with Crippen LogP contribution in [0.25, 0.3) is 27.5 Å². The van der Waals surface area contributed by atoms with Gasteiger partial charge in [-0.2, -0.15) is 18.3 Å². The van der Waals surface area contributed by atoms with Crippen LogP contribution in [0.1, 0.15) is 34.6 Å². The first-order valence-corrected chi connectivity index (χ1v) is 16.1. The molecule has 6 rings (SSSR count). The molecular weight excluding hydrogens is 686 g/mol. The minimum Gasteiger partial charge on any atom is -0.389 e. The molecule has 0 amide bonds. The number of hydrogen-bond acceptors (Lipinski definition) is 10. The smallest absolute Gasteiger partial charge is 0.389 e. The molecule has 3 heterocycles. The van der Waals surface area contributed by atoms with Gasteiger partial charge in [-0.05, 0) is 35.9 Å². The Kier molecular flexibility index (Phi) is 11.1. The van der Waals surface area contributed by atoms with Crippen molar-refractivity contribution in [2.75, 3.05) is 45.9 Å². The van der Waals surface area contributed by atoms with Crippen LogP contribution in [0.5, 0.6) is 0 Å². The molecular formula is C36H33F4N7O5. The molecule has 0 saturated carbocycles. The van der Waals surface area contributed by atoms with Crippen LogP contribution in [-0.2, 0) is 33.5 Å². The number of nitrogens with zero attached hydrogens (tertiary/aromatic N) is 6. The summed E-state index contributed by atoms with van der Waals surface area (Å²) in [6, 6.07) is 9.84. The number of hydrogen-bond donors (Lipinski definition) is 2. The highest BCUT2D eigenvalue weighted by molar-refractivity contribution is 5.98. The van der Waals surface area contributed by atoms with Crippen molar-refractivity contribution in [3.05, 3.63) is 105 Å². The van der Waals surface area contributed by atoms with Crippen LogP contribution in [-0.4, -0.2) is 80.7 Å². The first-order valence-electron chi connectivity index (χ1n) is 16.1. The van der Waals surface area contributed by atoms with E-state index < -0.39 is 35.8 Å². The lowest BCUT2D eigenvalue weighted by atomic mass is 10.00. The third-order valence-electron chi connectivity index (χ3n) is 8.13. The predicted octanol–water partition coefficient (Wildman–Crippen LogP) is 4.27. The van der Waals surface area contributed by atoms with E-state index in [0.29, 0.717) is 25.4 Å². The van der Waals surface area contributed by atoms with Gasteiger partial charge >= 0.3 is 6.18 Å². The number of rotatable bonds is 12. The Morgan fingerprint density at radius 2 is 1.81 bits per heavy atom. The van der Waals surface area contributed by atoms with E-state index >= 15 is 0 Å². The molecule has 270 valence electrons. The Bertz CT molecular complexity index is 2290. The molecule has 5 aromatic rings. The van der Waals surface area contributed by atoms with Crippen molar-refractivity contribution in [2.45, 2.75) is 31.8 Å². The van der Waals surface area contributed by atoms with Gasteiger partial charge in [0, 0.05) is 24.7 Å². The fourth-order valence-corrected chi connectivity index (χ4v) is 5.79. The first kappa shape index (κ1) is 36.3. The number of alkyl halides is 3. The van der Waals surface area contributed by atoms with E-state index in [1.165, 1.54) is 41.4 Å². The monoisotopic (exact) mass is 719 g/mol. The van der Waals surface area contributed by atoms with Crippen molar-refractivity contribution in [1.82, 2.24) is 29.3 Å². The summed E-state index contributed by atoms with van der Waals surface area (Å²) in [5, 5.41) is 15.2. The van der Waals surface area contributed by atoms with Crippen LogP contribution in [0.2, 0.25) is 0 Å². The zero-order valence-electron chi connectivity index (χ0n) is 27.9.